The van der Waals surface area contributed by atoms with Gasteiger partial charge in [0, 0.05) is 32.1 Å². The molecule has 2 aromatic rings. The lowest BCUT2D eigenvalue weighted by molar-refractivity contribution is 0.0303. The van der Waals surface area contributed by atoms with Crippen LogP contribution in [-0.2, 0) is 4.74 Å². The van der Waals surface area contributed by atoms with E-state index in [-0.39, 0.29) is 6.03 Å². The number of benzene rings is 1. The van der Waals surface area contributed by atoms with Crippen LogP contribution < -0.4 is 0 Å². The monoisotopic (exact) mass is 326 g/mol. The number of rotatable bonds is 2. The van der Waals surface area contributed by atoms with Crippen LogP contribution in [0.25, 0.3) is 11.0 Å². The van der Waals surface area contributed by atoms with Crippen LogP contribution in [0.5, 0.6) is 0 Å². The molecule has 6 nitrogen and oxygen atoms in total. The Hall–Kier alpha value is -2.08. The van der Waals surface area contributed by atoms with Gasteiger partial charge in [-0.25, -0.2) is 9.78 Å². The Kier molecular flexibility index (Phi) is 3.26. The van der Waals surface area contributed by atoms with Crippen molar-refractivity contribution in [3.8, 4) is 0 Å². The number of amides is 2. The van der Waals surface area contributed by atoms with Crippen molar-refractivity contribution in [3.63, 3.8) is 0 Å². The van der Waals surface area contributed by atoms with Gasteiger partial charge in [0.2, 0.25) is 0 Å². The molecule has 0 radical (unpaired) electrons. The molecule has 1 aromatic carbocycles. The largest absolute Gasteiger partial charge is 0.378 e. The molecule has 6 heteroatoms. The summed E-state index contributed by atoms with van der Waals surface area (Å²) in [5, 5.41) is 0. The third-order valence-electron chi connectivity index (χ3n) is 5.35. The van der Waals surface area contributed by atoms with E-state index in [1.807, 2.05) is 15.9 Å². The lowest BCUT2D eigenvalue weighted by atomic mass is 10.1. The van der Waals surface area contributed by atoms with E-state index in [4.69, 9.17) is 9.72 Å². The van der Waals surface area contributed by atoms with Crippen molar-refractivity contribution in [3.05, 3.63) is 30.1 Å². The standard InChI is InChI=1S/C18H22N4O2/c23-18(20-7-9-24-10-8-20)21-11-14(12-21)22-16-4-2-1-3-15(16)19-17(22)13-5-6-13/h1-4,13-14H,5-12H2. The molecule has 5 rings (SSSR count). The first-order chi connectivity index (χ1) is 11.8. The van der Waals surface area contributed by atoms with Gasteiger partial charge in [0.25, 0.3) is 0 Å². The van der Waals surface area contributed by atoms with E-state index in [0.29, 0.717) is 38.3 Å². The second-order valence-corrected chi connectivity index (χ2v) is 7.04. The molecular formula is C18H22N4O2. The molecule has 0 N–H and O–H groups in total. The number of para-hydroxylation sites is 2. The van der Waals surface area contributed by atoms with Crippen LogP contribution in [0.2, 0.25) is 0 Å². The summed E-state index contributed by atoms with van der Waals surface area (Å²) in [6.07, 6.45) is 2.49. The topological polar surface area (TPSA) is 50.6 Å². The third kappa shape index (κ3) is 2.28. The molecule has 2 aliphatic heterocycles. The summed E-state index contributed by atoms with van der Waals surface area (Å²) in [6.45, 7) is 4.30. The molecule has 1 saturated carbocycles. The zero-order valence-electron chi connectivity index (χ0n) is 13.7. The molecule has 1 aliphatic carbocycles. The van der Waals surface area contributed by atoms with Crippen LogP contribution in [0.3, 0.4) is 0 Å². The Morgan fingerprint density at radius 1 is 1.08 bits per heavy atom. The Labute approximate surface area is 141 Å². The Balaban J connectivity index is 1.36. The number of hydrogen-bond acceptors (Lipinski definition) is 3. The summed E-state index contributed by atoms with van der Waals surface area (Å²) in [7, 11) is 0. The molecule has 2 amide bonds. The lowest BCUT2D eigenvalue weighted by Crippen LogP contribution is -2.57. The fraction of sp³-hybridized carbons (Fsp3) is 0.556. The van der Waals surface area contributed by atoms with Crippen LogP contribution in [0.1, 0.15) is 30.6 Å². The molecule has 0 unspecified atom stereocenters. The minimum absolute atomic E-state index is 0.159. The van der Waals surface area contributed by atoms with Crippen molar-refractivity contribution in [2.45, 2.75) is 24.8 Å². The van der Waals surface area contributed by atoms with Crippen molar-refractivity contribution in [1.29, 1.82) is 0 Å². The van der Waals surface area contributed by atoms with Crippen molar-refractivity contribution < 1.29 is 9.53 Å². The lowest BCUT2D eigenvalue weighted by Gasteiger charge is -2.43. The highest BCUT2D eigenvalue weighted by Gasteiger charge is 2.39. The van der Waals surface area contributed by atoms with Crippen molar-refractivity contribution in [2.24, 2.45) is 0 Å². The molecule has 0 bridgehead atoms. The van der Waals surface area contributed by atoms with Gasteiger partial charge in [-0.05, 0) is 25.0 Å². The predicted molar refractivity (Wildman–Crippen MR) is 90.1 cm³/mol. The number of imidazole rings is 1. The smallest absolute Gasteiger partial charge is 0.320 e. The van der Waals surface area contributed by atoms with Gasteiger partial charge in [-0.2, -0.15) is 0 Å². The fourth-order valence-electron chi connectivity index (χ4n) is 3.81. The van der Waals surface area contributed by atoms with Crippen molar-refractivity contribution >= 4 is 17.1 Å². The fourth-order valence-corrected chi connectivity index (χ4v) is 3.81. The van der Waals surface area contributed by atoms with Gasteiger partial charge < -0.3 is 19.1 Å². The SMILES string of the molecule is O=C(N1CCOCC1)N1CC(n2c(C3CC3)nc3ccccc32)C1. The number of fused-ring (bicyclic) bond motifs is 1. The van der Waals surface area contributed by atoms with Gasteiger partial charge in [0.15, 0.2) is 0 Å². The number of carbonyl (C=O) groups is 1. The van der Waals surface area contributed by atoms with Gasteiger partial charge >= 0.3 is 6.03 Å². The second-order valence-electron chi connectivity index (χ2n) is 7.04. The maximum absolute atomic E-state index is 12.6. The maximum Gasteiger partial charge on any atom is 0.320 e. The summed E-state index contributed by atoms with van der Waals surface area (Å²) in [5.41, 5.74) is 2.29. The number of likely N-dealkylation sites (tertiary alicyclic amines) is 1. The molecule has 0 spiro atoms. The molecule has 126 valence electrons. The Morgan fingerprint density at radius 3 is 2.58 bits per heavy atom. The zero-order chi connectivity index (χ0) is 16.1. The van der Waals surface area contributed by atoms with Crippen molar-refractivity contribution in [1.82, 2.24) is 19.4 Å². The van der Waals surface area contributed by atoms with Crippen LogP contribution in [0, 0.1) is 0 Å². The molecule has 3 heterocycles. The maximum atomic E-state index is 12.6. The van der Waals surface area contributed by atoms with E-state index in [2.05, 4.69) is 22.8 Å². The minimum Gasteiger partial charge on any atom is -0.378 e. The summed E-state index contributed by atoms with van der Waals surface area (Å²) < 4.78 is 7.73. The quantitative estimate of drug-likeness (QED) is 0.850. The Morgan fingerprint density at radius 2 is 1.83 bits per heavy atom. The second kappa shape index (κ2) is 5.48. The molecule has 3 aliphatic rings. The molecule has 3 fully saturated rings. The highest BCUT2D eigenvalue weighted by atomic mass is 16.5. The van der Waals surface area contributed by atoms with Crippen molar-refractivity contribution in [2.75, 3.05) is 39.4 Å². The number of nitrogens with zero attached hydrogens (tertiary/aromatic N) is 4. The molecule has 0 atom stereocenters. The summed E-state index contributed by atoms with van der Waals surface area (Å²) >= 11 is 0. The minimum atomic E-state index is 0.159. The number of hydrogen-bond donors (Lipinski definition) is 0. The van der Waals surface area contributed by atoms with E-state index < -0.39 is 0 Å². The van der Waals surface area contributed by atoms with Crippen LogP contribution in [-0.4, -0.2) is 64.8 Å². The predicted octanol–water partition coefficient (Wildman–Crippen LogP) is 2.22. The van der Waals surface area contributed by atoms with Gasteiger partial charge in [-0.3, -0.25) is 0 Å². The van der Waals surface area contributed by atoms with E-state index in [0.717, 1.165) is 18.6 Å². The molecule has 24 heavy (non-hydrogen) atoms. The van der Waals surface area contributed by atoms with Crippen LogP contribution in [0.15, 0.2) is 24.3 Å². The number of aromatic nitrogens is 2. The van der Waals surface area contributed by atoms with E-state index >= 15 is 0 Å². The number of urea groups is 1. The first-order valence-electron chi connectivity index (χ1n) is 8.90. The first-order valence-corrected chi connectivity index (χ1v) is 8.90. The van der Waals surface area contributed by atoms with Crippen LogP contribution in [0.4, 0.5) is 4.79 Å². The third-order valence-corrected chi connectivity index (χ3v) is 5.35. The van der Waals surface area contributed by atoms with E-state index in [1.165, 1.54) is 24.2 Å². The summed E-state index contributed by atoms with van der Waals surface area (Å²) in [6, 6.07) is 8.89. The first kappa shape index (κ1) is 14.3. The highest BCUT2D eigenvalue weighted by molar-refractivity contribution is 5.78. The normalized spacial score (nSPS) is 22.0. The van der Waals surface area contributed by atoms with Gasteiger partial charge in [-0.15, -0.1) is 0 Å². The number of ether oxygens (including phenoxy) is 1. The number of carbonyl (C=O) groups excluding carboxylic acids is 1. The summed E-state index contributed by atoms with van der Waals surface area (Å²) in [5.74, 6) is 1.83. The molecule has 1 aromatic heterocycles. The van der Waals surface area contributed by atoms with Gasteiger partial charge in [-0.1, -0.05) is 12.1 Å². The van der Waals surface area contributed by atoms with Gasteiger partial charge in [0.1, 0.15) is 5.82 Å². The Bertz CT molecular complexity index is 770. The number of morpholine rings is 1. The van der Waals surface area contributed by atoms with Crippen LogP contribution >= 0.6 is 0 Å². The zero-order valence-corrected chi connectivity index (χ0v) is 13.7. The highest BCUT2D eigenvalue weighted by Crippen LogP contribution is 2.42. The molecular weight excluding hydrogens is 304 g/mol. The van der Waals surface area contributed by atoms with E-state index in [9.17, 15) is 4.79 Å². The van der Waals surface area contributed by atoms with E-state index in [1.54, 1.807) is 0 Å². The van der Waals surface area contributed by atoms with Gasteiger partial charge in [0.05, 0.1) is 30.3 Å². The summed E-state index contributed by atoms with van der Waals surface area (Å²) in [4.78, 5) is 21.3. The molecule has 2 saturated heterocycles. The average Bonchev–Trinajstić information content (AvgIpc) is 3.36. The average molecular weight is 326 g/mol.